The summed E-state index contributed by atoms with van der Waals surface area (Å²) >= 11 is 3.19. The summed E-state index contributed by atoms with van der Waals surface area (Å²) in [7, 11) is 0. The number of ether oxygens (including phenoxy) is 1. The highest BCUT2D eigenvalue weighted by atomic mass is 79.9. The van der Waals surface area contributed by atoms with E-state index >= 15 is 0 Å². The van der Waals surface area contributed by atoms with E-state index in [0.717, 1.165) is 11.1 Å². The first-order chi connectivity index (χ1) is 9.15. The molecule has 3 rings (SSSR count). The fourth-order valence-electron chi connectivity index (χ4n) is 2.28. The number of fused-ring (bicyclic) bond motifs is 1. The number of halogens is 2. The van der Waals surface area contributed by atoms with Gasteiger partial charge in [0.05, 0.1) is 23.7 Å². The van der Waals surface area contributed by atoms with E-state index in [9.17, 15) is 4.39 Å². The molecule has 0 aromatic heterocycles. The van der Waals surface area contributed by atoms with Crippen LogP contribution in [0.25, 0.3) is 0 Å². The zero-order valence-corrected chi connectivity index (χ0v) is 11.8. The molecule has 0 aliphatic carbocycles. The van der Waals surface area contributed by atoms with Crippen LogP contribution in [0.5, 0.6) is 0 Å². The summed E-state index contributed by atoms with van der Waals surface area (Å²) in [6.07, 6.45) is 0. The maximum absolute atomic E-state index is 13.2. The largest absolute Gasteiger partial charge is 0.372 e. The molecular weight excluding hydrogens is 309 g/mol. The standard InChI is InChI=1S/C15H13BrFNO/c16-13-6-10(3-4-14(13)17)15(18)9-1-2-11-7-19-8-12(11)5-9/h1-6,15H,7-8,18H2. The highest BCUT2D eigenvalue weighted by Gasteiger charge is 2.16. The van der Waals surface area contributed by atoms with Crippen LogP contribution in [0.4, 0.5) is 4.39 Å². The predicted octanol–water partition coefficient (Wildman–Crippen LogP) is 3.67. The van der Waals surface area contributed by atoms with Gasteiger partial charge in [0.25, 0.3) is 0 Å². The minimum Gasteiger partial charge on any atom is -0.372 e. The van der Waals surface area contributed by atoms with Crippen LogP contribution in [0, 0.1) is 5.82 Å². The Kier molecular flexibility index (Phi) is 3.39. The van der Waals surface area contributed by atoms with Crippen molar-refractivity contribution >= 4 is 15.9 Å². The van der Waals surface area contributed by atoms with Crippen molar-refractivity contribution in [2.24, 2.45) is 5.73 Å². The molecule has 1 unspecified atom stereocenters. The van der Waals surface area contributed by atoms with Crippen molar-refractivity contribution in [3.63, 3.8) is 0 Å². The van der Waals surface area contributed by atoms with Crippen molar-refractivity contribution in [3.05, 3.63) is 68.9 Å². The third-order valence-electron chi connectivity index (χ3n) is 3.41. The van der Waals surface area contributed by atoms with E-state index < -0.39 is 0 Å². The molecule has 1 atom stereocenters. The van der Waals surface area contributed by atoms with Crippen LogP contribution in [0.2, 0.25) is 0 Å². The van der Waals surface area contributed by atoms with E-state index in [1.165, 1.54) is 17.2 Å². The van der Waals surface area contributed by atoms with Gasteiger partial charge in [0.15, 0.2) is 0 Å². The summed E-state index contributed by atoms with van der Waals surface area (Å²) < 4.78 is 19.1. The van der Waals surface area contributed by atoms with E-state index in [0.29, 0.717) is 17.7 Å². The zero-order chi connectivity index (χ0) is 13.4. The van der Waals surface area contributed by atoms with Crippen molar-refractivity contribution in [1.29, 1.82) is 0 Å². The maximum atomic E-state index is 13.2. The number of nitrogens with two attached hydrogens (primary N) is 1. The first-order valence-corrected chi connectivity index (χ1v) is 6.84. The molecule has 2 aromatic rings. The molecule has 2 N–H and O–H groups in total. The smallest absolute Gasteiger partial charge is 0.137 e. The molecule has 1 aliphatic heterocycles. The number of hydrogen-bond donors (Lipinski definition) is 1. The first-order valence-electron chi connectivity index (χ1n) is 6.05. The molecule has 2 nitrogen and oxygen atoms in total. The van der Waals surface area contributed by atoms with Crippen molar-refractivity contribution < 1.29 is 9.13 Å². The van der Waals surface area contributed by atoms with Crippen LogP contribution >= 0.6 is 15.9 Å². The minimum atomic E-state index is -0.279. The quantitative estimate of drug-likeness (QED) is 0.916. The summed E-state index contributed by atoms with van der Waals surface area (Å²) in [5.41, 5.74) is 10.6. The second-order valence-electron chi connectivity index (χ2n) is 4.67. The minimum absolute atomic E-state index is 0.261. The lowest BCUT2D eigenvalue weighted by Gasteiger charge is -2.14. The van der Waals surface area contributed by atoms with Gasteiger partial charge in [-0.05, 0) is 50.3 Å². The molecule has 98 valence electrons. The maximum Gasteiger partial charge on any atom is 0.137 e. The fourth-order valence-corrected chi connectivity index (χ4v) is 2.68. The second kappa shape index (κ2) is 5.04. The van der Waals surface area contributed by atoms with E-state index in [-0.39, 0.29) is 11.9 Å². The average molecular weight is 322 g/mol. The first kappa shape index (κ1) is 12.8. The molecule has 0 amide bonds. The van der Waals surface area contributed by atoms with Gasteiger partial charge in [-0.1, -0.05) is 24.3 Å². The third-order valence-corrected chi connectivity index (χ3v) is 4.02. The lowest BCUT2D eigenvalue weighted by atomic mass is 9.96. The van der Waals surface area contributed by atoms with E-state index in [2.05, 4.69) is 28.1 Å². The summed E-state index contributed by atoms with van der Waals surface area (Å²) in [5.74, 6) is -0.279. The molecule has 1 aliphatic rings. The third kappa shape index (κ3) is 2.43. The van der Waals surface area contributed by atoms with Gasteiger partial charge in [0, 0.05) is 0 Å². The summed E-state index contributed by atoms with van der Waals surface area (Å²) in [6.45, 7) is 1.32. The monoisotopic (exact) mass is 321 g/mol. The Morgan fingerprint density at radius 1 is 1.05 bits per heavy atom. The number of rotatable bonds is 2. The van der Waals surface area contributed by atoms with Crippen LogP contribution in [0.15, 0.2) is 40.9 Å². The summed E-state index contributed by atoms with van der Waals surface area (Å²) in [4.78, 5) is 0. The Morgan fingerprint density at radius 2 is 1.74 bits per heavy atom. The predicted molar refractivity (Wildman–Crippen MR) is 75.1 cm³/mol. The van der Waals surface area contributed by atoms with Crippen LogP contribution in [0.1, 0.15) is 28.3 Å². The number of benzene rings is 2. The number of hydrogen-bond acceptors (Lipinski definition) is 2. The zero-order valence-electron chi connectivity index (χ0n) is 10.2. The summed E-state index contributed by atoms with van der Waals surface area (Å²) in [6, 6.07) is 10.7. The molecule has 0 bridgehead atoms. The Balaban J connectivity index is 1.94. The Labute approximate surface area is 119 Å². The molecule has 19 heavy (non-hydrogen) atoms. The molecule has 0 radical (unpaired) electrons. The van der Waals surface area contributed by atoms with Gasteiger partial charge in [0.2, 0.25) is 0 Å². The van der Waals surface area contributed by atoms with Crippen LogP contribution in [-0.2, 0) is 18.0 Å². The highest BCUT2D eigenvalue weighted by molar-refractivity contribution is 9.10. The van der Waals surface area contributed by atoms with Crippen molar-refractivity contribution in [1.82, 2.24) is 0 Å². The van der Waals surface area contributed by atoms with Crippen LogP contribution in [-0.4, -0.2) is 0 Å². The highest BCUT2D eigenvalue weighted by Crippen LogP contribution is 2.28. The normalized spacial score (nSPS) is 15.3. The van der Waals surface area contributed by atoms with Crippen molar-refractivity contribution in [2.75, 3.05) is 0 Å². The second-order valence-corrected chi connectivity index (χ2v) is 5.53. The average Bonchev–Trinajstić information content (AvgIpc) is 2.88. The topological polar surface area (TPSA) is 35.2 Å². The van der Waals surface area contributed by atoms with Gasteiger partial charge < -0.3 is 10.5 Å². The lowest BCUT2D eigenvalue weighted by Crippen LogP contribution is -2.12. The fraction of sp³-hybridized carbons (Fsp3) is 0.200. The van der Waals surface area contributed by atoms with E-state index in [1.54, 1.807) is 12.1 Å². The lowest BCUT2D eigenvalue weighted by molar-refractivity contribution is 0.134. The van der Waals surface area contributed by atoms with Crippen molar-refractivity contribution in [3.8, 4) is 0 Å². The molecule has 0 spiro atoms. The van der Waals surface area contributed by atoms with Gasteiger partial charge in [-0.2, -0.15) is 0 Å². The SMILES string of the molecule is NC(c1ccc(F)c(Br)c1)c1ccc2c(c1)COC2. The molecule has 0 saturated heterocycles. The Morgan fingerprint density at radius 3 is 2.53 bits per heavy atom. The van der Waals surface area contributed by atoms with Gasteiger partial charge >= 0.3 is 0 Å². The molecule has 1 heterocycles. The summed E-state index contributed by atoms with van der Waals surface area (Å²) in [5, 5.41) is 0. The van der Waals surface area contributed by atoms with Crippen LogP contribution in [0.3, 0.4) is 0 Å². The molecule has 0 saturated carbocycles. The van der Waals surface area contributed by atoms with Gasteiger partial charge in [-0.3, -0.25) is 0 Å². The van der Waals surface area contributed by atoms with E-state index in [4.69, 9.17) is 10.5 Å². The van der Waals surface area contributed by atoms with Crippen LogP contribution < -0.4 is 5.73 Å². The Bertz CT molecular complexity index is 630. The molecule has 4 heteroatoms. The van der Waals surface area contributed by atoms with Gasteiger partial charge in [-0.15, -0.1) is 0 Å². The Hall–Kier alpha value is -1.23. The van der Waals surface area contributed by atoms with E-state index in [1.807, 2.05) is 6.07 Å². The molecular formula is C15H13BrFNO. The molecule has 0 fully saturated rings. The van der Waals surface area contributed by atoms with Crippen molar-refractivity contribution in [2.45, 2.75) is 19.3 Å². The van der Waals surface area contributed by atoms with Gasteiger partial charge in [0.1, 0.15) is 5.82 Å². The molecule has 2 aromatic carbocycles. The van der Waals surface area contributed by atoms with Gasteiger partial charge in [-0.25, -0.2) is 4.39 Å².